The van der Waals surface area contributed by atoms with Crippen LogP contribution in [0.5, 0.6) is 0 Å². The average Bonchev–Trinajstić information content (AvgIpc) is 1.96. The molecule has 12 heavy (non-hydrogen) atoms. The van der Waals surface area contributed by atoms with Crippen molar-refractivity contribution in [2.45, 2.75) is 41.3 Å². The topological polar surface area (TPSA) is 0 Å². The van der Waals surface area contributed by atoms with E-state index < -0.39 is 0 Å². The van der Waals surface area contributed by atoms with Crippen molar-refractivity contribution in [3.63, 3.8) is 0 Å². The maximum absolute atomic E-state index is 3.96. The summed E-state index contributed by atoms with van der Waals surface area (Å²) >= 11 is 7.85. The summed E-state index contributed by atoms with van der Waals surface area (Å²) in [6.45, 7) is 0. The minimum atomic E-state index is 0.563. The van der Waals surface area contributed by atoms with Crippen molar-refractivity contribution in [2.24, 2.45) is 17.8 Å². The van der Waals surface area contributed by atoms with E-state index in [1.807, 2.05) is 0 Å². The summed E-state index contributed by atoms with van der Waals surface area (Å²) in [6.07, 6.45) is 7.31. The first-order valence-electron chi connectivity index (χ1n) is 4.99. The number of hydrogen-bond donors (Lipinski definition) is 0. The van der Waals surface area contributed by atoms with Crippen LogP contribution in [-0.4, -0.2) is 9.15 Å². The maximum Gasteiger partial charge on any atom is 0.0266 e. The average molecular weight is 294 g/mol. The molecule has 0 saturated heterocycles. The van der Waals surface area contributed by atoms with Gasteiger partial charge in [0.25, 0.3) is 0 Å². The molecule has 2 heteroatoms. The van der Waals surface area contributed by atoms with E-state index in [1.54, 1.807) is 0 Å². The zero-order valence-electron chi connectivity index (χ0n) is 7.10. The second kappa shape index (κ2) is 2.50. The van der Waals surface area contributed by atoms with Crippen molar-refractivity contribution in [1.82, 2.24) is 0 Å². The van der Waals surface area contributed by atoms with Gasteiger partial charge in [-0.05, 0) is 49.9 Å². The van der Waals surface area contributed by atoms with Gasteiger partial charge in [0.15, 0.2) is 0 Å². The van der Waals surface area contributed by atoms with Crippen molar-refractivity contribution in [3.05, 3.63) is 0 Å². The molecule has 0 unspecified atom stereocenters. The van der Waals surface area contributed by atoms with Crippen LogP contribution < -0.4 is 0 Å². The standard InChI is InChI=1S/C10H14Br2/c11-9-7-1-6-2-8(9)5-10(12,3-6)4-7/h6-9H,1-5H2/t6?,7-,8-,9?,10?/m0/s1. The fourth-order valence-electron chi connectivity index (χ4n) is 3.86. The lowest BCUT2D eigenvalue weighted by Crippen LogP contribution is -2.52. The van der Waals surface area contributed by atoms with Crippen LogP contribution in [0.2, 0.25) is 0 Å². The molecule has 0 amide bonds. The molecule has 0 radical (unpaired) electrons. The quantitative estimate of drug-likeness (QED) is 0.597. The number of alkyl halides is 2. The van der Waals surface area contributed by atoms with E-state index in [0.29, 0.717) is 4.32 Å². The van der Waals surface area contributed by atoms with Crippen molar-refractivity contribution < 1.29 is 0 Å². The second-order valence-corrected chi connectivity index (χ2v) is 7.80. The normalized spacial score (nSPS) is 62.5. The van der Waals surface area contributed by atoms with E-state index in [4.69, 9.17) is 0 Å². The third kappa shape index (κ3) is 1.06. The van der Waals surface area contributed by atoms with Gasteiger partial charge in [-0.3, -0.25) is 0 Å². The highest BCUT2D eigenvalue weighted by molar-refractivity contribution is 9.10. The van der Waals surface area contributed by atoms with Crippen molar-refractivity contribution in [1.29, 1.82) is 0 Å². The Morgan fingerprint density at radius 1 is 1.00 bits per heavy atom. The van der Waals surface area contributed by atoms with Crippen molar-refractivity contribution in [2.75, 3.05) is 0 Å². The SMILES string of the molecule is BrC1[C@H]2CC3C[C@H]1CC(Br)(C3)C2. The van der Waals surface area contributed by atoms with E-state index in [9.17, 15) is 0 Å². The van der Waals surface area contributed by atoms with Crippen LogP contribution in [0.3, 0.4) is 0 Å². The van der Waals surface area contributed by atoms with Gasteiger partial charge in [-0.2, -0.15) is 0 Å². The highest BCUT2D eigenvalue weighted by Gasteiger charge is 2.53. The molecule has 4 aliphatic carbocycles. The first kappa shape index (κ1) is 8.28. The van der Waals surface area contributed by atoms with Gasteiger partial charge in [-0.15, -0.1) is 0 Å². The van der Waals surface area contributed by atoms with E-state index in [1.165, 1.54) is 32.1 Å². The van der Waals surface area contributed by atoms with Gasteiger partial charge in [-0.1, -0.05) is 31.9 Å². The number of hydrogen-bond acceptors (Lipinski definition) is 0. The summed E-state index contributed by atoms with van der Waals surface area (Å²) in [5.41, 5.74) is 0. The summed E-state index contributed by atoms with van der Waals surface area (Å²) in [7, 11) is 0. The molecule has 0 aromatic rings. The summed E-state index contributed by atoms with van der Waals surface area (Å²) < 4.78 is 0.563. The summed E-state index contributed by atoms with van der Waals surface area (Å²) in [4.78, 5) is 0.847. The zero-order chi connectivity index (χ0) is 8.34. The Morgan fingerprint density at radius 2 is 1.58 bits per heavy atom. The second-order valence-electron chi connectivity index (χ2n) is 5.07. The van der Waals surface area contributed by atoms with Gasteiger partial charge in [0, 0.05) is 9.15 Å². The molecule has 0 aromatic heterocycles. The largest absolute Gasteiger partial charge is 0.0885 e. The minimum Gasteiger partial charge on any atom is -0.0885 e. The fraction of sp³-hybridized carbons (Fsp3) is 1.00. The van der Waals surface area contributed by atoms with Crippen molar-refractivity contribution >= 4 is 31.9 Å². The highest BCUT2D eigenvalue weighted by Crippen LogP contribution is 2.60. The van der Waals surface area contributed by atoms with E-state index in [2.05, 4.69) is 31.9 Å². The first-order valence-corrected chi connectivity index (χ1v) is 6.70. The Labute approximate surface area is 90.7 Å². The molecule has 4 bridgehead atoms. The predicted octanol–water partition coefficient (Wildman–Crippen LogP) is 3.72. The molecule has 0 nitrogen and oxygen atoms in total. The first-order chi connectivity index (χ1) is 5.66. The van der Waals surface area contributed by atoms with Gasteiger partial charge in [0.1, 0.15) is 0 Å². The maximum atomic E-state index is 3.96. The number of halogens is 2. The molecule has 0 heterocycles. The van der Waals surface area contributed by atoms with E-state index in [-0.39, 0.29) is 0 Å². The Balaban J connectivity index is 1.95. The Hall–Kier alpha value is 0.960. The van der Waals surface area contributed by atoms with Crippen LogP contribution >= 0.6 is 31.9 Å². The molecule has 2 atom stereocenters. The Morgan fingerprint density at radius 3 is 2.08 bits per heavy atom. The Kier molecular flexibility index (Phi) is 1.73. The molecule has 4 rings (SSSR count). The molecule has 4 saturated carbocycles. The zero-order valence-corrected chi connectivity index (χ0v) is 10.3. The summed E-state index contributed by atoms with van der Waals surface area (Å²) in [6, 6.07) is 0. The van der Waals surface area contributed by atoms with Crippen LogP contribution in [0.15, 0.2) is 0 Å². The van der Waals surface area contributed by atoms with Gasteiger partial charge in [0.05, 0.1) is 0 Å². The Bertz CT molecular complexity index is 198. The molecule has 0 spiro atoms. The van der Waals surface area contributed by atoms with Crippen LogP contribution in [0, 0.1) is 17.8 Å². The third-order valence-electron chi connectivity index (χ3n) is 4.08. The molecule has 4 aliphatic rings. The van der Waals surface area contributed by atoms with E-state index in [0.717, 1.165) is 22.6 Å². The molecular weight excluding hydrogens is 280 g/mol. The van der Waals surface area contributed by atoms with Crippen LogP contribution in [0.1, 0.15) is 32.1 Å². The van der Waals surface area contributed by atoms with Gasteiger partial charge < -0.3 is 0 Å². The lowest BCUT2D eigenvalue weighted by Gasteiger charge is -2.56. The van der Waals surface area contributed by atoms with E-state index >= 15 is 0 Å². The third-order valence-corrected chi connectivity index (χ3v) is 6.55. The molecule has 0 N–H and O–H groups in total. The predicted molar refractivity (Wildman–Crippen MR) is 57.9 cm³/mol. The number of rotatable bonds is 0. The van der Waals surface area contributed by atoms with Crippen LogP contribution in [-0.2, 0) is 0 Å². The monoisotopic (exact) mass is 292 g/mol. The molecular formula is C10H14Br2. The lowest BCUT2D eigenvalue weighted by atomic mass is 9.56. The summed E-state index contributed by atoms with van der Waals surface area (Å²) in [5.74, 6) is 3.02. The molecule has 4 fully saturated rings. The molecule has 0 aliphatic heterocycles. The smallest absolute Gasteiger partial charge is 0.0266 e. The molecule has 0 aromatic carbocycles. The van der Waals surface area contributed by atoms with Gasteiger partial charge >= 0.3 is 0 Å². The minimum absolute atomic E-state index is 0.563. The summed E-state index contributed by atoms with van der Waals surface area (Å²) in [5, 5.41) is 0. The van der Waals surface area contributed by atoms with Gasteiger partial charge in [0.2, 0.25) is 0 Å². The highest BCUT2D eigenvalue weighted by atomic mass is 79.9. The van der Waals surface area contributed by atoms with Gasteiger partial charge in [-0.25, -0.2) is 0 Å². The van der Waals surface area contributed by atoms with Crippen LogP contribution in [0.25, 0.3) is 0 Å². The van der Waals surface area contributed by atoms with Crippen LogP contribution in [0.4, 0.5) is 0 Å². The van der Waals surface area contributed by atoms with Crippen molar-refractivity contribution in [3.8, 4) is 0 Å². The fourth-order valence-corrected chi connectivity index (χ4v) is 5.96. The lowest BCUT2D eigenvalue weighted by molar-refractivity contribution is 0.0509. The molecule has 68 valence electrons.